The Labute approximate surface area is 139 Å². The normalized spacial score (nSPS) is 15.8. The summed E-state index contributed by atoms with van der Waals surface area (Å²) in [5.41, 5.74) is 0.975. The highest BCUT2D eigenvalue weighted by Crippen LogP contribution is 2.18. The number of hydrogen-bond acceptors (Lipinski definition) is 5. The van der Waals surface area contributed by atoms with Gasteiger partial charge in [-0.15, -0.1) is 6.58 Å². The average Bonchev–Trinajstić information content (AvgIpc) is 2.87. The van der Waals surface area contributed by atoms with Crippen LogP contribution in [0.25, 0.3) is 11.4 Å². The van der Waals surface area contributed by atoms with E-state index in [1.807, 2.05) is 45.4 Å². The van der Waals surface area contributed by atoms with Crippen molar-refractivity contribution in [3.63, 3.8) is 0 Å². The molecule has 3 rings (SSSR count). The fourth-order valence-corrected chi connectivity index (χ4v) is 3.71. The van der Waals surface area contributed by atoms with Crippen LogP contribution < -0.4 is 0 Å². The Hall–Kier alpha value is -1.44. The lowest BCUT2D eigenvalue weighted by atomic mass is 10.3. The second-order valence-electron chi connectivity index (χ2n) is 5.12. The van der Waals surface area contributed by atoms with Gasteiger partial charge in [0.25, 0.3) is 0 Å². The van der Waals surface area contributed by atoms with Crippen molar-refractivity contribution in [1.29, 1.82) is 0 Å². The average molecular weight is 333 g/mol. The van der Waals surface area contributed by atoms with Crippen molar-refractivity contribution in [3.8, 4) is 11.4 Å². The van der Waals surface area contributed by atoms with Crippen LogP contribution >= 0.6 is 24.0 Å². The van der Waals surface area contributed by atoms with Gasteiger partial charge in [0.05, 0.1) is 6.67 Å². The van der Waals surface area contributed by atoms with Crippen molar-refractivity contribution in [2.45, 2.75) is 13.2 Å². The SMILES string of the molecule is C=CCn1c(-c2cccnc2)nn(CN2CCSCC2)c1=S. The Balaban J connectivity index is 1.94. The molecule has 0 unspecified atom stereocenters. The fraction of sp³-hybridized carbons (Fsp3) is 0.400. The van der Waals surface area contributed by atoms with Crippen LogP contribution in [0.2, 0.25) is 0 Å². The second-order valence-corrected chi connectivity index (χ2v) is 6.71. The number of hydrogen-bond donors (Lipinski definition) is 0. The summed E-state index contributed by atoms with van der Waals surface area (Å²) in [6, 6.07) is 3.92. The maximum absolute atomic E-state index is 5.61. The number of aromatic nitrogens is 4. The van der Waals surface area contributed by atoms with Gasteiger partial charge >= 0.3 is 0 Å². The molecule has 22 heavy (non-hydrogen) atoms. The fourth-order valence-electron chi connectivity index (χ4n) is 2.47. The summed E-state index contributed by atoms with van der Waals surface area (Å²) >= 11 is 7.61. The van der Waals surface area contributed by atoms with E-state index < -0.39 is 0 Å². The zero-order chi connectivity index (χ0) is 15.4. The van der Waals surface area contributed by atoms with Crippen LogP contribution in [-0.4, -0.2) is 48.8 Å². The zero-order valence-corrected chi connectivity index (χ0v) is 14.0. The number of pyridine rings is 1. The molecule has 0 aliphatic carbocycles. The van der Waals surface area contributed by atoms with Gasteiger partial charge in [-0.05, 0) is 24.4 Å². The van der Waals surface area contributed by atoms with Crippen LogP contribution in [0.5, 0.6) is 0 Å². The smallest absolute Gasteiger partial charge is 0.199 e. The molecule has 0 amide bonds. The standard InChI is InChI=1S/C15H19N5S2/c1-2-6-19-14(13-4-3-5-16-11-13)17-20(15(19)21)12-18-7-9-22-10-8-18/h2-5,11H,1,6-10,12H2. The summed E-state index contributed by atoms with van der Waals surface area (Å²) in [6.07, 6.45) is 5.43. The van der Waals surface area contributed by atoms with Gasteiger partial charge < -0.3 is 0 Å². The number of rotatable bonds is 5. The van der Waals surface area contributed by atoms with Gasteiger partial charge in [-0.25, -0.2) is 4.68 Å². The van der Waals surface area contributed by atoms with Crippen LogP contribution in [0.3, 0.4) is 0 Å². The molecule has 0 aromatic carbocycles. The maximum Gasteiger partial charge on any atom is 0.199 e. The van der Waals surface area contributed by atoms with Gasteiger partial charge in [-0.3, -0.25) is 14.5 Å². The predicted molar refractivity (Wildman–Crippen MR) is 93.4 cm³/mol. The molecule has 2 aromatic heterocycles. The molecule has 1 fully saturated rings. The first kappa shape index (κ1) is 15.5. The molecule has 0 atom stereocenters. The first-order valence-electron chi connectivity index (χ1n) is 7.28. The third-order valence-corrected chi connectivity index (χ3v) is 4.97. The Bertz CT molecular complexity index is 686. The van der Waals surface area contributed by atoms with Gasteiger partial charge in [0.15, 0.2) is 10.6 Å². The summed E-state index contributed by atoms with van der Waals surface area (Å²) in [7, 11) is 0. The van der Waals surface area contributed by atoms with Gasteiger partial charge in [-0.2, -0.15) is 16.9 Å². The van der Waals surface area contributed by atoms with Gasteiger partial charge in [0.1, 0.15) is 0 Å². The van der Waals surface area contributed by atoms with E-state index in [9.17, 15) is 0 Å². The molecule has 1 saturated heterocycles. The highest BCUT2D eigenvalue weighted by molar-refractivity contribution is 7.99. The first-order valence-corrected chi connectivity index (χ1v) is 8.85. The highest BCUT2D eigenvalue weighted by Gasteiger charge is 2.16. The summed E-state index contributed by atoms with van der Waals surface area (Å²) in [4.78, 5) is 6.57. The summed E-state index contributed by atoms with van der Waals surface area (Å²) in [6.45, 7) is 7.39. The van der Waals surface area contributed by atoms with Crippen LogP contribution in [0.4, 0.5) is 0 Å². The molecular weight excluding hydrogens is 314 g/mol. The number of nitrogens with zero attached hydrogens (tertiary/aromatic N) is 5. The number of allylic oxidation sites excluding steroid dienone is 1. The summed E-state index contributed by atoms with van der Waals surface area (Å²) in [5, 5.41) is 4.73. The van der Waals surface area contributed by atoms with E-state index in [1.165, 1.54) is 11.5 Å². The molecule has 0 spiro atoms. The minimum Gasteiger partial charge on any atom is -0.296 e. The van der Waals surface area contributed by atoms with Crippen LogP contribution in [0.15, 0.2) is 37.2 Å². The van der Waals surface area contributed by atoms with Crippen molar-refractivity contribution in [3.05, 3.63) is 42.0 Å². The molecule has 2 aromatic rings. The van der Waals surface area contributed by atoms with E-state index in [0.717, 1.165) is 35.9 Å². The van der Waals surface area contributed by atoms with Gasteiger partial charge in [0, 0.05) is 49.1 Å². The van der Waals surface area contributed by atoms with E-state index in [-0.39, 0.29) is 0 Å². The summed E-state index contributed by atoms with van der Waals surface area (Å²) in [5.74, 6) is 3.20. The Kier molecular flexibility index (Phi) is 5.07. The highest BCUT2D eigenvalue weighted by atomic mass is 32.2. The number of thioether (sulfide) groups is 1. The molecule has 116 valence electrons. The quantitative estimate of drug-likeness (QED) is 0.621. The first-order chi connectivity index (χ1) is 10.8. The van der Waals surface area contributed by atoms with Crippen LogP contribution in [-0.2, 0) is 13.2 Å². The van der Waals surface area contributed by atoms with Crippen molar-refractivity contribution in [2.24, 2.45) is 0 Å². The van der Waals surface area contributed by atoms with E-state index in [2.05, 4.69) is 16.5 Å². The topological polar surface area (TPSA) is 38.9 Å². The molecule has 0 saturated carbocycles. The third-order valence-electron chi connectivity index (χ3n) is 3.59. The lowest BCUT2D eigenvalue weighted by molar-refractivity contribution is 0.226. The molecule has 0 bridgehead atoms. The van der Waals surface area contributed by atoms with Crippen molar-refractivity contribution < 1.29 is 0 Å². The van der Waals surface area contributed by atoms with E-state index in [4.69, 9.17) is 17.3 Å². The minimum atomic E-state index is 0.652. The lowest BCUT2D eigenvalue weighted by Crippen LogP contribution is -2.34. The Morgan fingerprint density at radius 3 is 2.86 bits per heavy atom. The zero-order valence-electron chi connectivity index (χ0n) is 12.4. The van der Waals surface area contributed by atoms with Gasteiger partial charge in [0.2, 0.25) is 0 Å². The van der Waals surface area contributed by atoms with E-state index in [1.54, 1.807) is 6.20 Å². The van der Waals surface area contributed by atoms with Crippen LogP contribution in [0.1, 0.15) is 0 Å². The van der Waals surface area contributed by atoms with Crippen molar-refractivity contribution >= 4 is 24.0 Å². The van der Waals surface area contributed by atoms with E-state index >= 15 is 0 Å². The molecular formula is C15H19N5S2. The van der Waals surface area contributed by atoms with Crippen molar-refractivity contribution in [1.82, 2.24) is 24.2 Å². The Morgan fingerprint density at radius 2 is 2.18 bits per heavy atom. The second kappa shape index (κ2) is 7.21. The predicted octanol–water partition coefficient (Wildman–Crippen LogP) is 2.67. The largest absolute Gasteiger partial charge is 0.296 e. The minimum absolute atomic E-state index is 0.652. The lowest BCUT2D eigenvalue weighted by Gasteiger charge is -2.25. The monoisotopic (exact) mass is 333 g/mol. The molecule has 5 nitrogen and oxygen atoms in total. The molecule has 3 heterocycles. The van der Waals surface area contributed by atoms with Crippen molar-refractivity contribution in [2.75, 3.05) is 24.6 Å². The molecule has 1 aliphatic rings. The summed E-state index contributed by atoms with van der Waals surface area (Å²) < 4.78 is 4.66. The maximum atomic E-state index is 5.61. The van der Waals surface area contributed by atoms with Gasteiger partial charge in [-0.1, -0.05) is 6.08 Å². The van der Waals surface area contributed by atoms with E-state index in [0.29, 0.717) is 6.54 Å². The third kappa shape index (κ3) is 3.31. The van der Waals surface area contributed by atoms with Crippen LogP contribution in [0, 0.1) is 4.77 Å². The molecule has 0 radical (unpaired) electrons. The Morgan fingerprint density at radius 1 is 1.36 bits per heavy atom. The molecule has 1 aliphatic heterocycles. The molecule has 0 N–H and O–H groups in total. The molecule has 7 heteroatoms.